The highest BCUT2D eigenvalue weighted by atomic mass is 15.3. The maximum Gasteiger partial charge on any atom is 0.163 e. The summed E-state index contributed by atoms with van der Waals surface area (Å²) in [6.45, 7) is 1.01. The highest BCUT2D eigenvalue weighted by Crippen LogP contribution is 2.24. The number of hydrogen-bond acceptors (Lipinski definition) is 4. The van der Waals surface area contributed by atoms with Gasteiger partial charge in [0.05, 0.1) is 5.69 Å². The minimum absolute atomic E-state index is 0.922. The zero-order valence-electron chi connectivity index (χ0n) is 13.5. The van der Waals surface area contributed by atoms with Gasteiger partial charge in [-0.15, -0.1) is 10.2 Å². The summed E-state index contributed by atoms with van der Waals surface area (Å²) in [5, 5.41) is 8.77. The molecule has 0 N–H and O–H groups in total. The van der Waals surface area contributed by atoms with Crippen LogP contribution < -0.4 is 0 Å². The number of aryl methyl sites for hydroxylation is 1. The largest absolute Gasteiger partial charge is 0.311 e. The van der Waals surface area contributed by atoms with Gasteiger partial charge in [-0.1, -0.05) is 6.42 Å². The Balaban J connectivity index is 1.56. The van der Waals surface area contributed by atoms with Crippen molar-refractivity contribution in [2.45, 2.75) is 32.2 Å². The van der Waals surface area contributed by atoms with Crippen molar-refractivity contribution in [1.82, 2.24) is 19.7 Å². The fraction of sp³-hybridized carbons (Fsp3) is 0.263. The molecule has 3 aromatic rings. The van der Waals surface area contributed by atoms with Crippen LogP contribution in [0.1, 0.15) is 30.7 Å². The van der Waals surface area contributed by atoms with Crippen molar-refractivity contribution < 1.29 is 0 Å². The Kier molecular flexibility index (Phi) is 4.14. The lowest BCUT2D eigenvalue weighted by Crippen LogP contribution is -2.02. The second kappa shape index (κ2) is 6.74. The predicted molar refractivity (Wildman–Crippen MR) is 94.5 cm³/mol. The van der Waals surface area contributed by atoms with Crippen molar-refractivity contribution >= 4 is 11.9 Å². The molecule has 0 atom stereocenters. The van der Waals surface area contributed by atoms with Crippen molar-refractivity contribution in [3.63, 3.8) is 0 Å². The molecule has 1 aromatic carbocycles. The Morgan fingerprint density at radius 3 is 2.58 bits per heavy atom. The average molecular weight is 317 g/mol. The van der Waals surface area contributed by atoms with Crippen molar-refractivity contribution in [2.24, 2.45) is 4.99 Å². The first-order valence-corrected chi connectivity index (χ1v) is 8.37. The Bertz CT molecular complexity index is 834. The molecule has 0 bridgehead atoms. The van der Waals surface area contributed by atoms with Crippen LogP contribution >= 0.6 is 0 Å². The van der Waals surface area contributed by atoms with Gasteiger partial charge in [-0.2, -0.15) is 0 Å². The molecule has 5 heteroatoms. The third-order valence-electron chi connectivity index (χ3n) is 4.30. The summed E-state index contributed by atoms with van der Waals surface area (Å²) in [6, 6.07) is 12.0. The second-order valence-corrected chi connectivity index (χ2v) is 5.99. The lowest BCUT2D eigenvalue weighted by Gasteiger charge is -2.07. The van der Waals surface area contributed by atoms with Crippen LogP contribution in [-0.2, 0) is 13.0 Å². The van der Waals surface area contributed by atoms with Crippen LogP contribution in [0, 0.1) is 0 Å². The molecule has 0 saturated carbocycles. The highest BCUT2D eigenvalue weighted by molar-refractivity contribution is 5.81. The van der Waals surface area contributed by atoms with Crippen LogP contribution in [-0.4, -0.2) is 26.0 Å². The number of rotatable bonds is 3. The number of fused-ring (bicyclic) bond motifs is 1. The number of aromatic nitrogens is 4. The van der Waals surface area contributed by atoms with E-state index in [0.717, 1.165) is 41.4 Å². The fourth-order valence-corrected chi connectivity index (χ4v) is 2.99. The summed E-state index contributed by atoms with van der Waals surface area (Å²) in [4.78, 5) is 8.51. The zero-order chi connectivity index (χ0) is 16.2. The molecule has 0 amide bonds. The van der Waals surface area contributed by atoms with E-state index in [4.69, 9.17) is 0 Å². The SMILES string of the molecule is C(=Nc1ccc(-c2nnc3n2CCCCC3)cc1)c1ccncc1. The molecule has 0 unspecified atom stereocenters. The molecule has 1 aliphatic heterocycles. The summed E-state index contributed by atoms with van der Waals surface area (Å²) in [7, 11) is 0. The maximum absolute atomic E-state index is 4.51. The smallest absolute Gasteiger partial charge is 0.163 e. The van der Waals surface area contributed by atoms with Crippen molar-refractivity contribution in [3.05, 3.63) is 60.2 Å². The normalized spacial score (nSPS) is 14.5. The molecule has 5 nitrogen and oxygen atoms in total. The van der Waals surface area contributed by atoms with Crippen LogP contribution in [0.4, 0.5) is 5.69 Å². The van der Waals surface area contributed by atoms with E-state index in [0.29, 0.717) is 0 Å². The molecule has 120 valence electrons. The van der Waals surface area contributed by atoms with E-state index in [1.807, 2.05) is 30.5 Å². The van der Waals surface area contributed by atoms with Gasteiger partial charge >= 0.3 is 0 Å². The minimum Gasteiger partial charge on any atom is -0.311 e. The topological polar surface area (TPSA) is 56.0 Å². The van der Waals surface area contributed by atoms with Gasteiger partial charge in [0.2, 0.25) is 0 Å². The fourth-order valence-electron chi connectivity index (χ4n) is 2.99. The Hall–Kier alpha value is -2.82. The maximum atomic E-state index is 4.51. The van der Waals surface area contributed by atoms with Crippen molar-refractivity contribution in [1.29, 1.82) is 0 Å². The third-order valence-corrected chi connectivity index (χ3v) is 4.30. The van der Waals surface area contributed by atoms with Crippen molar-refractivity contribution in [3.8, 4) is 11.4 Å². The molecule has 0 aliphatic carbocycles. The molecule has 4 rings (SSSR count). The summed E-state index contributed by atoms with van der Waals surface area (Å²) in [5.41, 5.74) is 3.06. The summed E-state index contributed by atoms with van der Waals surface area (Å²) in [5.74, 6) is 2.08. The van der Waals surface area contributed by atoms with E-state index >= 15 is 0 Å². The predicted octanol–water partition coefficient (Wildman–Crippen LogP) is 3.82. The lowest BCUT2D eigenvalue weighted by atomic mass is 10.2. The molecular weight excluding hydrogens is 298 g/mol. The second-order valence-electron chi connectivity index (χ2n) is 5.99. The van der Waals surface area contributed by atoms with E-state index in [1.165, 1.54) is 19.3 Å². The standard InChI is InChI=1S/C19H19N5/c1-2-4-18-22-23-19(24(18)13-3-1)16-5-7-17(8-6-16)21-14-15-9-11-20-12-10-15/h5-12,14H,1-4,13H2. The molecule has 0 radical (unpaired) electrons. The molecular formula is C19H19N5. The van der Waals surface area contributed by atoms with Crippen LogP contribution in [0.25, 0.3) is 11.4 Å². The number of aliphatic imine (C=N–C) groups is 1. The Morgan fingerprint density at radius 1 is 0.917 bits per heavy atom. The van der Waals surface area contributed by atoms with E-state index < -0.39 is 0 Å². The highest BCUT2D eigenvalue weighted by Gasteiger charge is 2.15. The van der Waals surface area contributed by atoms with Gasteiger partial charge in [0.1, 0.15) is 5.82 Å². The molecule has 0 fully saturated rings. The average Bonchev–Trinajstić information content (AvgIpc) is 2.89. The first-order chi connectivity index (χ1) is 11.9. The molecule has 1 aliphatic rings. The lowest BCUT2D eigenvalue weighted by molar-refractivity contribution is 0.636. The van der Waals surface area contributed by atoms with Gasteiger partial charge in [-0.3, -0.25) is 9.98 Å². The van der Waals surface area contributed by atoms with Crippen LogP contribution in [0.2, 0.25) is 0 Å². The molecule has 2 aromatic heterocycles. The van der Waals surface area contributed by atoms with Crippen LogP contribution in [0.5, 0.6) is 0 Å². The summed E-state index contributed by atoms with van der Waals surface area (Å²) >= 11 is 0. The Labute approximate surface area is 141 Å². The van der Waals surface area contributed by atoms with Gasteiger partial charge < -0.3 is 4.57 Å². The van der Waals surface area contributed by atoms with Gasteiger partial charge in [-0.25, -0.2) is 0 Å². The van der Waals surface area contributed by atoms with Crippen LogP contribution in [0.15, 0.2) is 53.8 Å². The number of hydrogen-bond donors (Lipinski definition) is 0. The summed E-state index contributed by atoms with van der Waals surface area (Å²) < 4.78 is 2.27. The van der Waals surface area contributed by atoms with Gasteiger partial charge in [-0.05, 0) is 54.8 Å². The van der Waals surface area contributed by atoms with E-state index in [2.05, 4.69) is 36.9 Å². The number of pyridine rings is 1. The van der Waals surface area contributed by atoms with Gasteiger partial charge in [0, 0.05) is 37.1 Å². The summed E-state index contributed by atoms with van der Waals surface area (Å²) in [6.07, 6.45) is 10.1. The molecule has 0 saturated heterocycles. The number of benzene rings is 1. The molecule has 0 spiro atoms. The molecule has 3 heterocycles. The third kappa shape index (κ3) is 3.11. The zero-order valence-corrected chi connectivity index (χ0v) is 13.5. The minimum atomic E-state index is 0.922. The van der Waals surface area contributed by atoms with E-state index in [-0.39, 0.29) is 0 Å². The molecule has 24 heavy (non-hydrogen) atoms. The monoisotopic (exact) mass is 317 g/mol. The van der Waals surface area contributed by atoms with Crippen molar-refractivity contribution in [2.75, 3.05) is 0 Å². The first kappa shape index (κ1) is 14.8. The van der Waals surface area contributed by atoms with Gasteiger partial charge in [0.15, 0.2) is 5.82 Å². The first-order valence-electron chi connectivity index (χ1n) is 8.37. The van der Waals surface area contributed by atoms with E-state index in [1.54, 1.807) is 12.4 Å². The van der Waals surface area contributed by atoms with Gasteiger partial charge in [0.25, 0.3) is 0 Å². The van der Waals surface area contributed by atoms with Crippen LogP contribution in [0.3, 0.4) is 0 Å². The quantitative estimate of drug-likeness (QED) is 0.690. The number of nitrogens with zero attached hydrogens (tertiary/aromatic N) is 5. The Morgan fingerprint density at radius 2 is 1.75 bits per heavy atom. The van der Waals surface area contributed by atoms with E-state index in [9.17, 15) is 0 Å².